The highest BCUT2D eigenvalue weighted by Gasteiger charge is 2.19. The Labute approximate surface area is 135 Å². The van der Waals surface area contributed by atoms with E-state index in [0.717, 1.165) is 24.3 Å². The van der Waals surface area contributed by atoms with Crippen LogP contribution in [0.15, 0.2) is 36.4 Å². The van der Waals surface area contributed by atoms with Gasteiger partial charge in [0.05, 0.1) is 16.1 Å². The number of hydrogen-bond donors (Lipinski definition) is 2. The zero-order valence-corrected chi connectivity index (χ0v) is 12.6. The third-order valence-corrected chi connectivity index (χ3v) is 3.31. The fraction of sp³-hybridized carbons (Fsp3) is 0.125. The van der Waals surface area contributed by atoms with E-state index < -0.39 is 22.6 Å². The molecule has 0 aromatic heterocycles. The number of carbonyl (C=O) groups is 2. The first-order valence-electron chi connectivity index (χ1n) is 6.95. The van der Waals surface area contributed by atoms with Crippen LogP contribution < -0.4 is 5.32 Å². The summed E-state index contributed by atoms with van der Waals surface area (Å²) < 4.78 is 14.2. The van der Waals surface area contributed by atoms with Gasteiger partial charge in [0.15, 0.2) is 0 Å². The summed E-state index contributed by atoms with van der Waals surface area (Å²) in [4.78, 5) is 33.2. The maximum atomic E-state index is 14.2. The third-order valence-electron chi connectivity index (χ3n) is 3.31. The molecule has 1 amide bonds. The van der Waals surface area contributed by atoms with Gasteiger partial charge >= 0.3 is 5.97 Å². The first-order chi connectivity index (χ1) is 11.3. The second-order valence-electron chi connectivity index (χ2n) is 4.85. The number of nitro benzene ring substituents is 1. The Balaban J connectivity index is 2.57. The number of halogens is 1. The maximum Gasteiger partial charge on any atom is 0.336 e. The normalized spacial score (nSPS) is 10.2. The Hall–Kier alpha value is -3.29. The van der Waals surface area contributed by atoms with Crippen LogP contribution in [0, 0.1) is 15.9 Å². The van der Waals surface area contributed by atoms with Crippen LogP contribution in [0.5, 0.6) is 0 Å². The number of non-ortho nitro benzene ring substituents is 1. The predicted octanol–water partition coefficient (Wildman–Crippen LogP) is 2.85. The maximum absolute atomic E-state index is 14.2. The molecule has 2 aromatic rings. The summed E-state index contributed by atoms with van der Waals surface area (Å²) in [6.45, 7) is 2.01. The van der Waals surface area contributed by atoms with Crippen molar-refractivity contribution in [1.29, 1.82) is 0 Å². The van der Waals surface area contributed by atoms with E-state index in [2.05, 4.69) is 5.32 Å². The summed E-state index contributed by atoms with van der Waals surface area (Å²) in [5.41, 5.74) is -0.587. The minimum atomic E-state index is -1.30. The number of nitro groups is 1. The first kappa shape index (κ1) is 17.1. The van der Waals surface area contributed by atoms with Crippen molar-refractivity contribution < 1.29 is 24.0 Å². The lowest BCUT2D eigenvalue weighted by Gasteiger charge is -2.09. The number of carboxylic acid groups (broad SMARTS) is 1. The zero-order chi connectivity index (χ0) is 17.9. The van der Waals surface area contributed by atoms with Crippen molar-refractivity contribution in [1.82, 2.24) is 5.32 Å². The molecule has 0 saturated heterocycles. The Bertz CT molecular complexity index is 835. The molecule has 0 saturated carbocycles. The van der Waals surface area contributed by atoms with Crippen molar-refractivity contribution in [2.75, 3.05) is 6.54 Å². The van der Waals surface area contributed by atoms with Crippen molar-refractivity contribution in [3.05, 3.63) is 63.5 Å². The number of nitrogens with zero attached hydrogens (tertiary/aromatic N) is 1. The van der Waals surface area contributed by atoms with Crippen LogP contribution in [-0.4, -0.2) is 28.5 Å². The zero-order valence-electron chi connectivity index (χ0n) is 12.6. The van der Waals surface area contributed by atoms with Crippen LogP contribution in [-0.2, 0) is 0 Å². The average molecular weight is 332 g/mol. The van der Waals surface area contributed by atoms with Gasteiger partial charge in [-0.25, -0.2) is 9.18 Å². The molecule has 0 fully saturated rings. The van der Waals surface area contributed by atoms with E-state index in [9.17, 15) is 29.2 Å². The minimum Gasteiger partial charge on any atom is -0.478 e. The van der Waals surface area contributed by atoms with Gasteiger partial charge in [-0.05, 0) is 30.7 Å². The predicted molar refractivity (Wildman–Crippen MR) is 83.5 cm³/mol. The molecule has 0 atom stereocenters. The van der Waals surface area contributed by atoms with Gasteiger partial charge in [-0.1, -0.05) is 6.07 Å². The summed E-state index contributed by atoms with van der Waals surface area (Å²) in [5.74, 6) is -2.74. The minimum absolute atomic E-state index is 0.00181. The Morgan fingerprint density at radius 1 is 1.21 bits per heavy atom. The molecule has 2 aromatic carbocycles. The van der Waals surface area contributed by atoms with Crippen LogP contribution in [0.4, 0.5) is 10.1 Å². The summed E-state index contributed by atoms with van der Waals surface area (Å²) in [6, 6.07) is 6.75. The number of rotatable bonds is 5. The highest BCUT2D eigenvalue weighted by Crippen LogP contribution is 2.29. The van der Waals surface area contributed by atoms with E-state index in [1.54, 1.807) is 6.92 Å². The van der Waals surface area contributed by atoms with Crippen molar-refractivity contribution in [3.8, 4) is 11.1 Å². The number of carbonyl (C=O) groups excluding carboxylic acids is 1. The SMILES string of the molecule is CCNC(=O)c1ccc(-c2cc([N+](=O)[O-])ccc2C(=O)O)cc1F. The van der Waals surface area contributed by atoms with E-state index in [-0.39, 0.29) is 27.9 Å². The quantitative estimate of drug-likeness (QED) is 0.646. The highest BCUT2D eigenvalue weighted by atomic mass is 19.1. The van der Waals surface area contributed by atoms with Gasteiger partial charge in [-0.15, -0.1) is 0 Å². The molecule has 0 heterocycles. The molecular formula is C16H13FN2O5. The molecular weight excluding hydrogens is 319 g/mol. The molecule has 0 unspecified atom stereocenters. The summed E-state index contributed by atoms with van der Waals surface area (Å²) in [6.07, 6.45) is 0. The van der Waals surface area contributed by atoms with E-state index in [1.165, 1.54) is 12.1 Å². The van der Waals surface area contributed by atoms with Gasteiger partial charge in [0.25, 0.3) is 11.6 Å². The molecule has 0 radical (unpaired) electrons. The van der Waals surface area contributed by atoms with Crippen LogP contribution in [0.1, 0.15) is 27.6 Å². The summed E-state index contributed by atoms with van der Waals surface area (Å²) in [5, 5.41) is 22.5. The number of benzene rings is 2. The van der Waals surface area contributed by atoms with Crippen LogP contribution in [0.25, 0.3) is 11.1 Å². The van der Waals surface area contributed by atoms with Gasteiger partial charge in [0.1, 0.15) is 5.82 Å². The van der Waals surface area contributed by atoms with Gasteiger partial charge in [-0.3, -0.25) is 14.9 Å². The molecule has 0 aliphatic rings. The van der Waals surface area contributed by atoms with Crippen LogP contribution in [0.3, 0.4) is 0 Å². The molecule has 2 N–H and O–H groups in total. The average Bonchev–Trinajstić information content (AvgIpc) is 2.54. The highest BCUT2D eigenvalue weighted by molar-refractivity contribution is 5.98. The lowest BCUT2D eigenvalue weighted by atomic mass is 9.97. The number of aromatic carboxylic acids is 1. The Morgan fingerprint density at radius 2 is 1.88 bits per heavy atom. The fourth-order valence-electron chi connectivity index (χ4n) is 2.19. The smallest absolute Gasteiger partial charge is 0.336 e. The van der Waals surface area contributed by atoms with E-state index in [4.69, 9.17) is 0 Å². The molecule has 7 nitrogen and oxygen atoms in total. The number of carboxylic acids is 1. The van der Waals surface area contributed by atoms with Gasteiger partial charge in [-0.2, -0.15) is 0 Å². The molecule has 0 aliphatic carbocycles. The van der Waals surface area contributed by atoms with Gasteiger partial charge in [0.2, 0.25) is 0 Å². The lowest BCUT2D eigenvalue weighted by molar-refractivity contribution is -0.384. The van der Waals surface area contributed by atoms with Gasteiger partial charge < -0.3 is 10.4 Å². The van der Waals surface area contributed by atoms with Crippen molar-refractivity contribution >= 4 is 17.6 Å². The third kappa shape index (κ3) is 3.37. The van der Waals surface area contributed by atoms with Crippen molar-refractivity contribution in [2.24, 2.45) is 0 Å². The number of amides is 1. The Morgan fingerprint density at radius 3 is 2.42 bits per heavy atom. The second kappa shape index (κ2) is 6.86. The van der Waals surface area contributed by atoms with Crippen molar-refractivity contribution in [2.45, 2.75) is 6.92 Å². The standard InChI is InChI=1S/C16H13FN2O5/c1-2-18-15(20)12-5-3-9(7-14(12)17)13-8-10(19(23)24)4-6-11(13)16(21)22/h3-8H,2H2,1H3,(H,18,20)(H,21,22). The summed E-state index contributed by atoms with van der Waals surface area (Å²) >= 11 is 0. The van der Waals surface area contributed by atoms with E-state index in [0.29, 0.717) is 6.54 Å². The lowest BCUT2D eigenvalue weighted by Crippen LogP contribution is -2.23. The molecule has 0 spiro atoms. The topological polar surface area (TPSA) is 110 Å². The molecule has 0 aliphatic heterocycles. The molecule has 24 heavy (non-hydrogen) atoms. The van der Waals surface area contributed by atoms with Crippen molar-refractivity contribution in [3.63, 3.8) is 0 Å². The van der Waals surface area contributed by atoms with Crippen LogP contribution in [0.2, 0.25) is 0 Å². The molecule has 8 heteroatoms. The molecule has 2 rings (SSSR count). The Kier molecular flexibility index (Phi) is 4.88. The summed E-state index contributed by atoms with van der Waals surface area (Å²) in [7, 11) is 0. The molecule has 124 valence electrons. The molecule has 0 bridgehead atoms. The fourth-order valence-corrected chi connectivity index (χ4v) is 2.19. The van der Waals surface area contributed by atoms with E-state index in [1.807, 2.05) is 0 Å². The second-order valence-corrected chi connectivity index (χ2v) is 4.85. The number of hydrogen-bond acceptors (Lipinski definition) is 4. The largest absolute Gasteiger partial charge is 0.478 e. The van der Waals surface area contributed by atoms with Gasteiger partial charge in [0, 0.05) is 24.2 Å². The number of nitrogens with one attached hydrogen (secondary N) is 1. The van der Waals surface area contributed by atoms with Crippen LogP contribution >= 0.6 is 0 Å². The van der Waals surface area contributed by atoms with E-state index >= 15 is 0 Å². The first-order valence-corrected chi connectivity index (χ1v) is 6.95. The monoisotopic (exact) mass is 332 g/mol.